The van der Waals surface area contributed by atoms with E-state index < -0.39 is 14.5 Å². The Hall–Kier alpha value is 1.29. The van der Waals surface area contributed by atoms with Gasteiger partial charge in [0.05, 0.1) is 0 Å². The van der Waals surface area contributed by atoms with Gasteiger partial charge in [-0.05, 0) is 0 Å². The maximum atomic E-state index is 7.09. The third-order valence-electron chi connectivity index (χ3n) is 6.46. The van der Waals surface area contributed by atoms with Crippen LogP contribution in [0.5, 0.6) is 0 Å². The molecule has 4 aliphatic carbocycles. The van der Waals surface area contributed by atoms with E-state index >= 15 is 0 Å². The van der Waals surface area contributed by atoms with E-state index in [1.54, 1.807) is 0 Å². The van der Waals surface area contributed by atoms with Gasteiger partial charge in [-0.3, -0.25) is 0 Å². The van der Waals surface area contributed by atoms with Gasteiger partial charge in [0, 0.05) is 0 Å². The van der Waals surface area contributed by atoms with Gasteiger partial charge < -0.3 is 0 Å². The second-order valence-electron chi connectivity index (χ2n) is 7.24. The molecule has 6 atom stereocenters. The summed E-state index contributed by atoms with van der Waals surface area (Å²) >= 11 is -2.56. The first kappa shape index (κ1) is 12.1. The SMILES string of the molecule is [Cl][Ti]([Cl])([CH]1CC2CCC1C2)[CH]1CC2CCC1C2. The van der Waals surface area contributed by atoms with E-state index in [-0.39, 0.29) is 0 Å². The van der Waals surface area contributed by atoms with Crippen LogP contribution in [-0.2, 0) is 14.5 Å². The number of fused-ring (bicyclic) bond motifs is 4. The van der Waals surface area contributed by atoms with Crippen LogP contribution in [0.3, 0.4) is 0 Å². The van der Waals surface area contributed by atoms with E-state index in [1.165, 1.54) is 51.4 Å². The molecule has 0 heterocycles. The van der Waals surface area contributed by atoms with Gasteiger partial charge in [0.15, 0.2) is 0 Å². The molecule has 4 saturated carbocycles. The molecular weight excluding hydrogens is 287 g/mol. The Balaban J connectivity index is 1.55. The van der Waals surface area contributed by atoms with Crippen LogP contribution in [0.4, 0.5) is 0 Å². The molecule has 0 aromatic rings. The summed E-state index contributed by atoms with van der Waals surface area (Å²) in [6.45, 7) is 0. The molecule has 0 aromatic carbocycles. The molecule has 4 rings (SSSR count). The van der Waals surface area contributed by atoms with E-state index in [9.17, 15) is 0 Å². The molecule has 4 aliphatic rings. The summed E-state index contributed by atoms with van der Waals surface area (Å²) in [6.07, 6.45) is 11.6. The molecule has 0 spiro atoms. The average Bonchev–Trinajstić information content (AvgIpc) is 3.07. The van der Waals surface area contributed by atoms with Crippen molar-refractivity contribution in [1.82, 2.24) is 0 Å². The van der Waals surface area contributed by atoms with Gasteiger partial charge >= 0.3 is 117 Å². The molecule has 0 aromatic heterocycles. The second-order valence-corrected chi connectivity index (χ2v) is 17.6. The third-order valence-corrected chi connectivity index (χ3v) is 16.4. The van der Waals surface area contributed by atoms with Crippen molar-refractivity contribution in [3.05, 3.63) is 0 Å². The van der Waals surface area contributed by atoms with E-state index in [4.69, 9.17) is 18.6 Å². The molecule has 96 valence electrons. The zero-order chi connectivity index (χ0) is 11.6. The van der Waals surface area contributed by atoms with Gasteiger partial charge in [-0.1, -0.05) is 0 Å². The molecule has 0 radical (unpaired) electrons. The summed E-state index contributed by atoms with van der Waals surface area (Å²) in [5.74, 6) is 3.89. The molecule has 0 saturated heterocycles. The van der Waals surface area contributed by atoms with E-state index in [2.05, 4.69) is 0 Å². The van der Waals surface area contributed by atoms with E-state index in [0.29, 0.717) is 0 Å². The van der Waals surface area contributed by atoms with Crippen molar-refractivity contribution >= 4 is 18.6 Å². The van der Waals surface area contributed by atoms with Gasteiger partial charge in [0.2, 0.25) is 0 Å². The second kappa shape index (κ2) is 4.14. The number of hydrogen-bond donors (Lipinski definition) is 0. The Bertz CT molecular complexity index is 300. The zero-order valence-corrected chi connectivity index (χ0v) is 13.5. The topological polar surface area (TPSA) is 0 Å². The van der Waals surface area contributed by atoms with Gasteiger partial charge in [-0.15, -0.1) is 0 Å². The maximum absolute atomic E-state index is 7.09. The van der Waals surface area contributed by atoms with Crippen molar-refractivity contribution in [2.45, 2.75) is 59.8 Å². The molecular formula is C14H22Cl2Ti. The monoisotopic (exact) mass is 308 g/mol. The summed E-state index contributed by atoms with van der Waals surface area (Å²) in [5, 5.41) is 0. The van der Waals surface area contributed by atoms with Crippen LogP contribution in [0, 0.1) is 23.7 Å². The molecule has 4 fully saturated rings. The summed E-state index contributed by atoms with van der Waals surface area (Å²) in [7, 11) is 14.2. The first-order valence-corrected chi connectivity index (χ1v) is 13.6. The van der Waals surface area contributed by atoms with Crippen LogP contribution >= 0.6 is 18.6 Å². The number of rotatable bonds is 2. The van der Waals surface area contributed by atoms with Crippen LogP contribution in [0.25, 0.3) is 0 Å². The zero-order valence-electron chi connectivity index (χ0n) is 10.4. The predicted molar refractivity (Wildman–Crippen MR) is 70.1 cm³/mol. The van der Waals surface area contributed by atoms with Crippen molar-refractivity contribution in [3.63, 3.8) is 0 Å². The minimum atomic E-state index is -2.56. The standard InChI is InChI=1S/2C7H11.2ClH.Ti/c2*1-2-7-4-3-6(1)5-7;;;/h2*1,6-7H,2-5H2;2*1H;/q;;;;+2/p-2. The van der Waals surface area contributed by atoms with Gasteiger partial charge in [0.25, 0.3) is 0 Å². The first-order chi connectivity index (χ1) is 8.14. The first-order valence-electron chi connectivity index (χ1n) is 7.52. The Morgan fingerprint density at radius 1 is 0.647 bits per heavy atom. The molecule has 0 aliphatic heterocycles. The number of halogens is 2. The van der Waals surface area contributed by atoms with Crippen LogP contribution in [0.2, 0.25) is 8.45 Å². The van der Waals surface area contributed by atoms with Gasteiger partial charge in [-0.25, -0.2) is 0 Å². The fourth-order valence-electron chi connectivity index (χ4n) is 5.71. The van der Waals surface area contributed by atoms with Crippen LogP contribution in [0.15, 0.2) is 0 Å². The number of hydrogen-bond acceptors (Lipinski definition) is 0. The van der Waals surface area contributed by atoms with Crippen molar-refractivity contribution < 1.29 is 14.5 Å². The van der Waals surface area contributed by atoms with Crippen LogP contribution in [-0.4, -0.2) is 0 Å². The fourth-order valence-corrected chi connectivity index (χ4v) is 15.9. The molecule has 6 unspecified atom stereocenters. The fraction of sp³-hybridized carbons (Fsp3) is 1.00. The molecule has 3 heteroatoms. The Morgan fingerprint density at radius 3 is 1.41 bits per heavy atom. The van der Waals surface area contributed by atoms with Crippen LogP contribution in [0.1, 0.15) is 51.4 Å². The average molecular weight is 309 g/mol. The van der Waals surface area contributed by atoms with Crippen molar-refractivity contribution in [2.75, 3.05) is 0 Å². The van der Waals surface area contributed by atoms with Crippen LogP contribution < -0.4 is 0 Å². The Morgan fingerprint density at radius 2 is 1.12 bits per heavy atom. The predicted octanol–water partition coefficient (Wildman–Crippen LogP) is 5.66. The van der Waals surface area contributed by atoms with Crippen molar-refractivity contribution in [2.24, 2.45) is 23.7 Å². The molecule has 0 nitrogen and oxygen atoms in total. The normalized spacial score (nSPS) is 52.6. The van der Waals surface area contributed by atoms with E-state index in [0.717, 1.165) is 32.1 Å². The summed E-state index contributed by atoms with van der Waals surface area (Å²) in [5.41, 5.74) is 0. The molecule has 4 bridgehead atoms. The third kappa shape index (κ3) is 1.81. The Kier molecular flexibility index (Phi) is 2.94. The Labute approximate surface area is 116 Å². The van der Waals surface area contributed by atoms with Crippen molar-refractivity contribution in [1.29, 1.82) is 0 Å². The summed E-state index contributed by atoms with van der Waals surface area (Å²) in [4.78, 5) is 0. The van der Waals surface area contributed by atoms with Gasteiger partial charge in [0.1, 0.15) is 0 Å². The summed E-state index contributed by atoms with van der Waals surface area (Å²) in [6, 6.07) is 0. The molecule has 0 amide bonds. The van der Waals surface area contributed by atoms with Gasteiger partial charge in [-0.2, -0.15) is 0 Å². The summed E-state index contributed by atoms with van der Waals surface area (Å²) < 4.78 is 1.61. The van der Waals surface area contributed by atoms with Crippen molar-refractivity contribution in [3.8, 4) is 0 Å². The quantitative estimate of drug-likeness (QED) is 0.577. The van der Waals surface area contributed by atoms with E-state index in [1.807, 2.05) is 0 Å². The minimum absolute atomic E-state index is 0.807. The molecule has 0 N–H and O–H groups in total. The molecule has 17 heavy (non-hydrogen) atoms.